The third-order valence-electron chi connectivity index (χ3n) is 0. The van der Waals surface area contributed by atoms with Crippen molar-refractivity contribution in [3.8, 4) is 0 Å². The summed E-state index contributed by atoms with van der Waals surface area (Å²) in [7, 11) is -3.13. The van der Waals surface area contributed by atoms with Crippen molar-refractivity contribution in [2.45, 2.75) is 0 Å². The van der Waals surface area contributed by atoms with Gasteiger partial charge in [-0.1, -0.05) is 0 Å². The summed E-state index contributed by atoms with van der Waals surface area (Å²) < 4.78 is 8.74. The van der Waals surface area contributed by atoms with Crippen LogP contribution in [-0.4, -0.2) is 9.79 Å². The normalized spacial score (nSPS) is 7.00. The molecule has 0 aromatic carbocycles. The number of rotatable bonds is 0. The number of hydrogen-bond acceptors (Lipinski definition) is 1. The molecule has 0 aliphatic carbocycles. The average Bonchev–Trinajstić information content (AvgIpc) is 0.811. The largest absolute Gasteiger partial charge is 0.326 e. The zero-order valence-electron chi connectivity index (χ0n) is 2.07. The maximum absolute atomic E-state index is 8.74. The van der Waals surface area contributed by atoms with Crippen LogP contribution < -0.4 is 0 Å². The van der Waals surface area contributed by atoms with Crippen LogP contribution in [0.1, 0.15) is 0 Å². The Hall–Kier alpha value is 1.67. The van der Waals surface area contributed by atoms with Crippen molar-refractivity contribution < 1.29 is 61.3 Å². The Morgan fingerprint density at radius 3 is 1.40 bits per heavy atom. The van der Waals surface area contributed by atoms with E-state index in [1.165, 1.54) is 0 Å². The monoisotopic (exact) mass is 256 g/mol. The molecule has 2 N–H and O–H groups in total. The van der Waals surface area contributed by atoms with Crippen LogP contribution in [-0.2, 0) is 4.57 Å². The molecular weight excluding hydrogens is 252 g/mol. The van der Waals surface area contributed by atoms with E-state index in [9.17, 15) is 0 Å². The summed E-state index contributed by atoms with van der Waals surface area (Å²) in [5.41, 5.74) is 0. The first-order valence-corrected chi connectivity index (χ1v) is 1.95. The van der Waals surface area contributed by atoms with Crippen LogP contribution in [0.4, 0.5) is 0 Å². The van der Waals surface area contributed by atoms with Gasteiger partial charge in [0.15, 0.2) is 0 Å². The van der Waals surface area contributed by atoms with E-state index < -0.39 is 8.25 Å². The third-order valence-corrected chi connectivity index (χ3v) is 0. The molecule has 0 aromatic heterocycles. The SMILES string of the molecule is O=[PH](O)O.[Yb]. The minimum absolute atomic E-state index is 0. The van der Waals surface area contributed by atoms with Gasteiger partial charge in [0, 0.05) is 46.9 Å². The fourth-order valence-corrected chi connectivity index (χ4v) is 0. The standard InChI is InChI=1S/H3O3P.Yb/c1-4(2)3;/h4H,(H2,1,2,3);. The first kappa shape index (κ1) is 9.83. The Balaban J connectivity index is 0. The predicted octanol–water partition coefficient (Wildman–Crippen LogP) is -0.639. The Labute approximate surface area is 68.6 Å². The molecule has 0 aromatic rings. The van der Waals surface area contributed by atoms with Crippen molar-refractivity contribution in [2.75, 3.05) is 0 Å². The molecule has 0 unspecified atom stereocenters. The molecule has 0 bridgehead atoms. The average molecular weight is 255 g/mol. The predicted molar refractivity (Wildman–Crippen MR) is 13.4 cm³/mol. The van der Waals surface area contributed by atoms with Crippen LogP contribution in [0.2, 0.25) is 0 Å². The van der Waals surface area contributed by atoms with Gasteiger partial charge < -0.3 is 9.79 Å². The van der Waals surface area contributed by atoms with Gasteiger partial charge in [-0.05, 0) is 0 Å². The Kier molecular flexibility index (Phi) is 11.1. The van der Waals surface area contributed by atoms with E-state index in [4.69, 9.17) is 14.4 Å². The van der Waals surface area contributed by atoms with Crippen LogP contribution in [0.15, 0.2) is 0 Å². The molecule has 0 aliphatic rings. The summed E-state index contributed by atoms with van der Waals surface area (Å²) in [6, 6.07) is 0. The fourth-order valence-electron chi connectivity index (χ4n) is 0. The molecule has 0 fully saturated rings. The molecule has 0 heterocycles. The molecule has 0 atom stereocenters. The Morgan fingerprint density at radius 2 is 1.40 bits per heavy atom. The van der Waals surface area contributed by atoms with Crippen LogP contribution >= 0.6 is 8.25 Å². The molecule has 5 heavy (non-hydrogen) atoms. The van der Waals surface area contributed by atoms with Gasteiger partial charge >= 0.3 is 8.25 Å². The van der Waals surface area contributed by atoms with Gasteiger partial charge in [0.1, 0.15) is 0 Å². The summed E-state index contributed by atoms with van der Waals surface area (Å²) in [5.74, 6) is 0. The fraction of sp³-hybridized carbons (Fsp3) is 0. The molecular formula is H3O3PYb. The molecule has 0 rings (SSSR count). The molecule has 0 spiro atoms. The first-order valence-electron chi connectivity index (χ1n) is 0.651. The molecule has 0 saturated carbocycles. The van der Waals surface area contributed by atoms with Gasteiger partial charge in [-0.25, -0.2) is 0 Å². The Bertz CT molecular complexity index is 29.9. The van der Waals surface area contributed by atoms with Crippen molar-refractivity contribution in [1.29, 1.82) is 0 Å². The molecule has 0 radical (unpaired) electrons. The first-order chi connectivity index (χ1) is 1.73. The van der Waals surface area contributed by atoms with E-state index in [-0.39, 0.29) is 46.9 Å². The van der Waals surface area contributed by atoms with Crippen LogP contribution in [0, 0.1) is 46.9 Å². The maximum Gasteiger partial charge on any atom is 0.314 e. The van der Waals surface area contributed by atoms with Gasteiger partial charge in [0.25, 0.3) is 0 Å². The maximum atomic E-state index is 8.74. The zero-order chi connectivity index (χ0) is 3.58. The van der Waals surface area contributed by atoms with Crippen LogP contribution in [0.3, 0.4) is 0 Å². The summed E-state index contributed by atoms with van der Waals surface area (Å²) in [6.45, 7) is 0. The van der Waals surface area contributed by atoms with E-state index in [1.807, 2.05) is 0 Å². The molecule has 0 amide bonds. The van der Waals surface area contributed by atoms with Crippen molar-refractivity contribution >= 4 is 8.25 Å². The van der Waals surface area contributed by atoms with Crippen LogP contribution in [0.5, 0.6) is 0 Å². The number of hydrogen-bond donors (Lipinski definition) is 2. The molecule has 40 valence electrons. The Morgan fingerprint density at radius 1 is 1.40 bits per heavy atom. The van der Waals surface area contributed by atoms with Gasteiger partial charge in [-0.2, -0.15) is 0 Å². The van der Waals surface area contributed by atoms with Gasteiger partial charge in [-0.3, -0.25) is 4.57 Å². The van der Waals surface area contributed by atoms with Gasteiger partial charge in [-0.15, -0.1) is 0 Å². The minimum Gasteiger partial charge on any atom is -0.326 e. The molecule has 3 nitrogen and oxygen atoms in total. The second-order valence-electron chi connectivity index (χ2n) is 0.283. The van der Waals surface area contributed by atoms with Crippen molar-refractivity contribution in [3.63, 3.8) is 0 Å². The van der Waals surface area contributed by atoms with Crippen molar-refractivity contribution in [2.24, 2.45) is 0 Å². The van der Waals surface area contributed by atoms with Crippen molar-refractivity contribution in [3.05, 3.63) is 0 Å². The second kappa shape index (κ2) is 5.67. The van der Waals surface area contributed by atoms with E-state index in [0.29, 0.717) is 0 Å². The quantitative estimate of drug-likeness (QED) is 0.566. The summed E-state index contributed by atoms with van der Waals surface area (Å²) in [5, 5.41) is 0. The molecule has 0 aliphatic heterocycles. The van der Waals surface area contributed by atoms with E-state index in [1.54, 1.807) is 0 Å². The van der Waals surface area contributed by atoms with Gasteiger partial charge in [0.05, 0.1) is 0 Å². The third kappa shape index (κ3) is 27.4. The summed E-state index contributed by atoms with van der Waals surface area (Å²) >= 11 is 0. The van der Waals surface area contributed by atoms with Crippen molar-refractivity contribution in [1.82, 2.24) is 0 Å². The summed E-state index contributed by atoms with van der Waals surface area (Å²) in [4.78, 5) is 14.3. The van der Waals surface area contributed by atoms with E-state index in [0.717, 1.165) is 0 Å². The molecule has 5 heteroatoms. The topological polar surface area (TPSA) is 57.5 Å². The van der Waals surface area contributed by atoms with E-state index in [2.05, 4.69) is 0 Å². The zero-order valence-corrected chi connectivity index (χ0v) is 4.78. The molecule has 0 saturated heterocycles. The minimum atomic E-state index is -3.13. The smallest absolute Gasteiger partial charge is 0.314 e. The van der Waals surface area contributed by atoms with Gasteiger partial charge in [0.2, 0.25) is 0 Å². The summed E-state index contributed by atoms with van der Waals surface area (Å²) in [6.07, 6.45) is 0. The van der Waals surface area contributed by atoms with E-state index >= 15 is 0 Å². The van der Waals surface area contributed by atoms with Crippen LogP contribution in [0.25, 0.3) is 0 Å². The second-order valence-corrected chi connectivity index (χ2v) is 0.848.